The topological polar surface area (TPSA) is 25.8 Å². The van der Waals surface area contributed by atoms with Gasteiger partial charge in [-0.25, -0.2) is 4.98 Å². The van der Waals surface area contributed by atoms with E-state index < -0.39 is 0 Å². The summed E-state index contributed by atoms with van der Waals surface area (Å²) in [5, 5.41) is 16.1. The summed E-state index contributed by atoms with van der Waals surface area (Å²) in [5.41, 5.74) is 5.46. The summed E-state index contributed by atoms with van der Waals surface area (Å²) >= 11 is 0. The third-order valence-corrected chi connectivity index (χ3v) is 9.41. The van der Waals surface area contributed by atoms with Gasteiger partial charge >= 0.3 is 0 Å². The van der Waals surface area contributed by atoms with Gasteiger partial charge in [0.25, 0.3) is 0 Å². The summed E-state index contributed by atoms with van der Waals surface area (Å²) < 4.78 is 0. The fourth-order valence-corrected chi connectivity index (χ4v) is 7.47. The van der Waals surface area contributed by atoms with Crippen LogP contribution in [0, 0.1) is 0 Å². The Labute approximate surface area is 253 Å². The molecule has 0 N–H and O–H groups in total. The summed E-state index contributed by atoms with van der Waals surface area (Å²) in [5.74, 6) is 0. The van der Waals surface area contributed by atoms with E-state index in [1.54, 1.807) is 0 Å². The van der Waals surface area contributed by atoms with Gasteiger partial charge in [0.05, 0.1) is 11.2 Å². The van der Waals surface area contributed by atoms with E-state index in [0.29, 0.717) is 0 Å². The van der Waals surface area contributed by atoms with Crippen molar-refractivity contribution in [2.75, 3.05) is 0 Å². The average Bonchev–Trinajstić information content (AvgIpc) is 3.10. The number of benzene rings is 8. The van der Waals surface area contributed by atoms with Crippen LogP contribution in [0.5, 0.6) is 0 Å². The molecular formula is C42H24N2. The Morgan fingerprint density at radius 2 is 0.955 bits per heavy atom. The maximum atomic E-state index is 5.46. The summed E-state index contributed by atoms with van der Waals surface area (Å²) in [4.78, 5) is 10.0. The molecule has 2 aromatic heterocycles. The van der Waals surface area contributed by atoms with Gasteiger partial charge in [0.1, 0.15) is 0 Å². The molecule has 0 fully saturated rings. The number of hydrogen-bond acceptors (Lipinski definition) is 2. The average molecular weight is 557 g/mol. The van der Waals surface area contributed by atoms with Crippen LogP contribution in [0.15, 0.2) is 146 Å². The maximum Gasteiger partial charge on any atom is 0.0804 e. The second kappa shape index (κ2) is 8.82. The first-order chi connectivity index (χ1) is 21.8. The van der Waals surface area contributed by atoms with Crippen LogP contribution in [0.4, 0.5) is 0 Å². The van der Waals surface area contributed by atoms with Crippen molar-refractivity contribution in [3.63, 3.8) is 0 Å². The Hall–Kier alpha value is -5.86. The van der Waals surface area contributed by atoms with Crippen molar-refractivity contribution in [2.24, 2.45) is 0 Å². The molecule has 10 aromatic rings. The molecule has 0 amide bonds. The highest BCUT2D eigenvalue weighted by Gasteiger charge is 2.17. The van der Waals surface area contributed by atoms with Crippen LogP contribution >= 0.6 is 0 Å². The van der Waals surface area contributed by atoms with Gasteiger partial charge in [-0.3, -0.25) is 4.98 Å². The van der Waals surface area contributed by atoms with E-state index in [2.05, 4.69) is 138 Å². The van der Waals surface area contributed by atoms with Crippen molar-refractivity contribution in [3.8, 4) is 22.4 Å². The van der Waals surface area contributed by atoms with Crippen molar-refractivity contribution in [3.05, 3.63) is 146 Å². The number of hydrogen-bond donors (Lipinski definition) is 0. The molecule has 0 saturated heterocycles. The Morgan fingerprint density at radius 3 is 1.73 bits per heavy atom. The first-order valence-electron chi connectivity index (χ1n) is 15.1. The Morgan fingerprint density at radius 1 is 0.364 bits per heavy atom. The molecule has 2 heteroatoms. The fraction of sp³-hybridized carbons (Fsp3) is 0. The van der Waals surface area contributed by atoms with E-state index >= 15 is 0 Å². The smallest absolute Gasteiger partial charge is 0.0804 e. The standard InChI is InChI=1S/C42H24N2/c1-3-13-34-32(11-1)33-12-2-4-14-36(33)42-40(34)35-19-20-43-24-37(35)41(44-42)30-10-6-9-27(21-30)31-22-28-17-15-25-7-5-8-26-16-18-29(23-31)39(28)38(25)26/h1-24H. The van der Waals surface area contributed by atoms with Crippen molar-refractivity contribution in [2.45, 2.75) is 0 Å². The summed E-state index contributed by atoms with van der Waals surface area (Å²) in [6.07, 6.45) is 3.87. The minimum atomic E-state index is 0.959. The van der Waals surface area contributed by atoms with Crippen LogP contribution in [0.3, 0.4) is 0 Å². The molecule has 2 nitrogen and oxygen atoms in total. The molecule has 202 valence electrons. The molecule has 10 rings (SSSR count). The van der Waals surface area contributed by atoms with Crippen molar-refractivity contribution in [1.82, 2.24) is 9.97 Å². The van der Waals surface area contributed by atoms with Crippen molar-refractivity contribution in [1.29, 1.82) is 0 Å². The molecule has 0 atom stereocenters. The Bertz CT molecular complexity index is 2710. The van der Waals surface area contributed by atoms with Crippen molar-refractivity contribution >= 4 is 75.5 Å². The summed E-state index contributed by atoms with van der Waals surface area (Å²) in [6.45, 7) is 0. The monoisotopic (exact) mass is 556 g/mol. The zero-order chi connectivity index (χ0) is 28.8. The van der Waals surface area contributed by atoms with Gasteiger partial charge in [0, 0.05) is 34.1 Å². The molecule has 0 aliphatic rings. The second-order valence-electron chi connectivity index (χ2n) is 11.8. The second-order valence-corrected chi connectivity index (χ2v) is 11.8. The molecule has 8 aromatic carbocycles. The van der Waals surface area contributed by atoms with Gasteiger partial charge in [-0.1, -0.05) is 109 Å². The third-order valence-electron chi connectivity index (χ3n) is 9.41. The minimum absolute atomic E-state index is 0.959. The van der Waals surface area contributed by atoms with Gasteiger partial charge < -0.3 is 0 Å². The summed E-state index contributed by atoms with van der Waals surface area (Å²) in [7, 11) is 0. The zero-order valence-corrected chi connectivity index (χ0v) is 23.8. The lowest BCUT2D eigenvalue weighted by Gasteiger charge is -2.16. The van der Waals surface area contributed by atoms with Crippen LogP contribution in [-0.2, 0) is 0 Å². The SMILES string of the molecule is c1cc(-c2cc3ccc4cccc5ccc(c2)c3c45)cc(-c2nc3c4ccccc4c4ccccc4c3c3ccncc23)c1. The molecule has 0 unspecified atom stereocenters. The van der Waals surface area contributed by atoms with E-state index in [4.69, 9.17) is 4.98 Å². The highest BCUT2D eigenvalue weighted by atomic mass is 14.7. The number of pyridine rings is 2. The molecule has 44 heavy (non-hydrogen) atoms. The van der Waals surface area contributed by atoms with Crippen molar-refractivity contribution < 1.29 is 0 Å². The molecule has 0 bridgehead atoms. The molecule has 0 aliphatic carbocycles. The zero-order valence-electron chi connectivity index (χ0n) is 23.8. The quantitative estimate of drug-likeness (QED) is 0.198. The third kappa shape index (κ3) is 3.25. The molecular weight excluding hydrogens is 532 g/mol. The number of fused-ring (bicyclic) bond motifs is 8. The molecule has 0 radical (unpaired) electrons. The van der Waals surface area contributed by atoms with E-state index in [-0.39, 0.29) is 0 Å². The first-order valence-corrected chi connectivity index (χ1v) is 15.1. The van der Waals surface area contributed by atoms with Crippen LogP contribution in [0.25, 0.3) is 97.9 Å². The lowest BCUT2D eigenvalue weighted by Crippen LogP contribution is -1.93. The van der Waals surface area contributed by atoms with Crippen LogP contribution in [-0.4, -0.2) is 9.97 Å². The highest BCUT2D eigenvalue weighted by Crippen LogP contribution is 2.42. The van der Waals surface area contributed by atoms with E-state index in [0.717, 1.165) is 22.2 Å². The fourth-order valence-electron chi connectivity index (χ4n) is 7.47. The number of rotatable bonds is 2. The van der Waals surface area contributed by atoms with Crippen LogP contribution in [0.2, 0.25) is 0 Å². The lowest BCUT2D eigenvalue weighted by molar-refractivity contribution is 1.35. The predicted molar refractivity (Wildman–Crippen MR) is 187 cm³/mol. The highest BCUT2D eigenvalue weighted by molar-refractivity contribution is 6.31. The number of aromatic nitrogens is 2. The predicted octanol–water partition coefficient (Wildman–Crippen LogP) is 11.3. The number of nitrogens with zero attached hydrogens (tertiary/aromatic N) is 2. The molecule has 0 saturated carbocycles. The largest absolute Gasteiger partial charge is 0.264 e. The summed E-state index contributed by atoms with van der Waals surface area (Å²) in [6, 6.07) is 48.5. The lowest BCUT2D eigenvalue weighted by atomic mass is 9.90. The Kier molecular flexibility index (Phi) is 4.75. The van der Waals surface area contributed by atoms with E-state index in [1.165, 1.54) is 75.8 Å². The Balaban J connectivity index is 1.24. The van der Waals surface area contributed by atoms with Crippen LogP contribution in [0.1, 0.15) is 0 Å². The van der Waals surface area contributed by atoms with Gasteiger partial charge in [0.15, 0.2) is 0 Å². The van der Waals surface area contributed by atoms with Gasteiger partial charge in [-0.05, 0) is 89.3 Å². The van der Waals surface area contributed by atoms with E-state index in [9.17, 15) is 0 Å². The first kappa shape index (κ1) is 23.7. The van der Waals surface area contributed by atoms with Crippen LogP contribution < -0.4 is 0 Å². The molecule has 0 aliphatic heterocycles. The molecule has 0 spiro atoms. The normalized spacial score (nSPS) is 12.1. The minimum Gasteiger partial charge on any atom is -0.264 e. The van der Waals surface area contributed by atoms with Gasteiger partial charge in [-0.2, -0.15) is 0 Å². The maximum absolute atomic E-state index is 5.46. The molecule has 2 heterocycles. The van der Waals surface area contributed by atoms with Gasteiger partial charge in [0.2, 0.25) is 0 Å². The van der Waals surface area contributed by atoms with Gasteiger partial charge in [-0.15, -0.1) is 0 Å². The van der Waals surface area contributed by atoms with E-state index in [1.807, 2.05) is 12.4 Å².